The SMILES string of the molecule is CCS(=O)(=O)NCC(=O)Nc1ccc(Cl)cc1. The first-order valence-electron chi connectivity index (χ1n) is 4.95. The van der Waals surface area contributed by atoms with Gasteiger partial charge in [-0.3, -0.25) is 4.79 Å². The molecule has 0 aliphatic rings. The van der Waals surface area contributed by atoms with E-state index in [2.05, 4.69) is 10.0 Å². The second-order valence-corrected chi connectivity index (χ2v) is 5.81. The molecule has 1 aromatic rings. The molecule has 0 aliphatic heterocycles. The summed E-state index contributed by atoms with van der Waals surface area (Å²) in [7, 11) is -3.35. The van der Waals surface area contributed by atoms with Crippen LogP contribution in [-0.4, -0.2) is 26.6 Å². The lowest BCUT2D eigenvalue weighted by molar-refractivity contribution is -0.115. The number of halogens is 1. The van der Waals surface area contributed by atoms with Gasteiger partial charge in [0.25, 0.3) is 0 Å². The lowest BCUT2D eigenvalue weighted by Gasteiger charge is -2.06. The first-order chi connectivity index (χ1) is 7.93. The average molecular weight is 277 g/mol. The molecule has 0 atom stereocenters. The fraction of sp³-hybridized carbons (Fsp3) is 0.300. The second kappa shape index (κ2) is 6.00. The molecule has 0 aromatic heterocycles. The van der Waals surface area contributed by atoms with Gasteiger partial charge in [0.15, 0.2) is 0 Å². The third kappa shape index (κ3) is 5.16. The fourth-order valence-electron chi connectivity index (χ4n) is 1.02. The maximum absolute atomic E-state index is 11.4. The van der Waals surface area contributed by atoms with Crippen molar-refractivity contribution in [2.75, 3.05) is 17.6 Å². The Bertz CT molecular complexity index is 485. The van der Waals surface area contributed by atoms with Crippen LogP contribution in [0.4, 0.5) is 5.69 Å². The van der Waals surface area contributed by atoms with Gasteiger partial charge in [0.05, 0.1) is 12.3 Å². The highest BCUT2D eigenvalue weighted by Gasteiger charge is 2.09. The van der Waals surface area contributed by atoms with Gasteiger partial charge >= 0.3 is 0 Å². The molecule has 5 nitrogen and oxygen atoms in total. The summed E-state index contributed by atoms with van der Waals surface area (Å²) in [6.45, 7) is 1.22. The summed E-state index contributed by atoms with van der Waals surface area (Å²) in [6.07, 6.45) is 0. The van der Waals surface area contributed by atoms with Crippen molar-refractivity contribution in [3.8, 4) is 0 Å². The predicted molar refractivity (Wildman–Crippen MR) is 67.5 cm³/mol. The molecular weight excluding hydrogens is 264 g/mol. The van der Waals surface area contributed by atoms with Crippen LogP contribution < -0.4 is 10.0 Å². The van der Waals surface area contributed by atoms with Crippen molar-refractivity contribution < 1.29 is 13.2 Å². The number of nitrogens with one attached hydrogen (secondary N) is 2. The zero-order chi connectivity index (χ0) is 12.9. The van der Waals surface area contributed by atoms with E-state index in [0.717, 1.165) is 0 Å². The number of hydrogen-bond acceptors (Lipinski definition) is 3. The Kier molecular flexibility index (Phi) is 4.92. The molecule has 0 heterocycles. The first kappa shape index (κ1) is 14.0. The molecule has 0 fully saturated rings. The van der Waals surface area contributed by atoms with Gasteiger partial charge in [-0.1, -0.05) is 11.6 Å². The van der Waals surface area contributed by atoms with Crippen LogP contribution in [0.15, 0.2) is 24.3 Å². The zero-order valence-electron chi connectivity index (χ0n) is 9.23. The topological polar surface area (TPSA) is 75.3 Å². The van der Waals surface area contributed by atoms with E-state index in [0.29, 0.717) is 10.7 Å². The molecule has 0 spiro atoms. The summed E-state index contributed by atoms with van der Waals surface area (Å²) in [5.41, 5.74) is 0.565. The van der Waals surface area contributed by atoms with Gasteiger partial charge in [0, 0.05) is 10.7 Å². The van der Waals surface area contributed by atoms with E-state index in [4.69, 9.17) is 11.6 Å². The highest BCUT2D eigenvalue weighted by molar-refractivity contribution is 7.89. The third-order valence-corrected chi connectivity index (χ3v) is 3.56. The van der Waals surface area contributed by atoms with E-state index in [1.807, 2.05) is 0 Å². The van der Waals surface area contributed by atoms with Crippen molar-refractivity contribution in [3.63, 3.8) is 0 Å². The number of sulfonamides is 1. The van der Waals surface area contributed by atoms with Crippen LogP contribution in [-0.2, 0) is 14.8 Å². The Balaban J connectivity index is 2.48. The van der Waals surface area contributed by atoms with Crippen LogP contribution >= 0.6 is 11.6 Å². The van der Waals surface area contributed by atoms with E-state index in [1.54, 1.807) is 24.3 Å². The molecule has 0 bridgehead atoms. The molecule has 1 amide bonds. The number of hydrogen-bond donors (Lipinski definition) is 2. The van der Waals surface area contributed by atoms with Crippen LogP contribution in [0.25, 0.3) is 0 Å². The van der Waals surface area contributed by atoms with Crippen molar-refractivity contribution in [1.82, 2.24) is 4.72 Å². The minimum absolute atomic E-state index is 0.0543. The van der Waals surface area contributed by atoms with Gasteiger partial charge in [-0.05, 0) is 31.2 Å². The normalized spacial score (nSPS) is 11.2. The maximum atomic E-state index is 11.4. The summed E-state index contributed by atoms with van der Waals surface area (Å²) in [6, 6.07) is 6.53. The van der Waals surface area contributed by atoms with Crippen LogP contribution in [0.1, 0.15) is 6.92 Å². The van der Waals surface area contributed by atoms with Crippen molar-refractivity contribution in [1.29, 1.82) is 0 Å². The van der Waals surface area contributed by atoms with Crippen LogP contribution in [0.5, 0.6) is 0 Å². The number of benzene rings is 1. The molecule has 7 heteroatoms. The average Bonchev–Trinajstić information content (AvgIpc) is 2.30. The van der Waals surface area contributed by atoms with E-state index >= 15 is 0 Å². The molecule has 2 N–H and O–H groups in total. The Morgan fingerprint density at radius 2 is 1.88 bits per heavy atom. The molecule has 17 heavy (non-hydrogen) atoms. The van der Waals surface area contributed by atoms with Crippen LogP contribution in [0.2, 0.25) is 5.02 Å². The van der Waals surface area contributed by atoms with Crippen molar-refractivity contribution in [3.05, 3.63) is 29.3 Å². The third-order valence-electron chi connectivity index (χ3n) is 1.96. The predicted octanol–water partition coefficient (Wildman–Crippen LogP) is 1.22. The quantitative estimate of drug-likeness (QED) is 0.849. The van der Waals surface area contributed by atoms with Crippen molar-refractivity contribution in [2.24, 2.45) is 0 Å². The molecule has 0 saturated heterocycles. The van der Waals surface area contributed by atoms with Gasteiger partial charge in [0.1, 0.15) is 0 Å². The van der Waals surface area contributed by atoms with E-state index in [9.17, 15) is 13.2 Å². The largest absolute Gasteiger partial charge is 0.325 e. The maximum Gasteiger partial charge on any atom is 0.239 e. The van der Waals surface area contributed by atoms with Crippen LogP contribution in [0, 0.1) is 0 Å². The Labute approximate surface area is 105 Å². The monoisotopic (exact) mass is 276 g/mol. The number of amides is 1. The lowest BCUT2D eigenvalue weighted by atomic mass is 10.3. The fourth-order valence-corrected chi connectivity index (χ4v) is 1.70. The number of anilines is 1. The smallest absolute Gasteiger partial charge is 0.239 e. The van der Waals surface area contributed by atoms with E-state index < -0.39 is 15.9 Å². The highest BCUT2D eigenvalue weighted by atomic mass is 35.5. The summed E-state index contributed by atoms with van der Waals surface area (Å²) in [4.78, 5) is 11.4. The zero-order valence-corrected chi connectivity index (χ0v) is 10.8. The van der Waals surface area contributed by atoms with Gasteiger partial charge in [-0.25, -0.2) is 13.1 Å². The summed E-state index contributed by atoms with van der Waals surface area (Å²) >= 11 is 5.68. The van der Waals surface area contributed by atoms with Gasteiger partial charge in [-0.2, -0.15) is 0 Å². The molecule has 1 rings (SSSR count). The summed E-state index contributed by atoms with van der Waals surface area (Å²) in [5.74, 6) is -0.481. The first-order valence-corrected chi connectivity index (χ1v) is 6.99. The molecule has 0 radical (unpaired) electrons. The van der Waals surface area contributed by atoms with Crippen molar-refractivity contribution >= 4 is 33.2 Å². The Morgan fingerprint density at radius 1 is 1.29 bits per heavy atom. The van der Waals surface area contributed by atoms with Gasteiger partial charge < -0.3 is 5.32 Å². The molecule has 0 unspecified atom stereocenters. The van der Waals surface area contributed by atoms with Crippen molar-refractivity contribution in [2.45, 2.75) is 6.92 Å². The minimum atomic E-state index is -3.35. The summed E-state index contributed by atoms with van der Waals surface area (Å²) < 4.78 is 24.4. The molecule has 94 valence electrons. The minimum Gasteiger partial charge on any atom is -0.325 e. The molecule has 1 aromatic carbocycles. The van der Waals surface area contributed by atoms with Gasteiger partial charge in [0.2, 0.25) is 15.9 Å². The number of carbonyl (C=O) groups is 1. The standard InChI is InChI=1S/C10H13ClN2O3S/c1-2-17(15,16)12-7-10(14)13-9-5-3-8(11)4-6-9/h3-6,12H,2,7H2,1H3,(H,13,14). The Morgan fingerprint density at radius 3 is 2.41 bits per heavy atom. The van der Waals surface area contributed by atoms with Gasteiger partial charge in [-0.15, -0.1) is 0 Å². The second-order valence-electron chi connectivity index (χ2n) is 3.28. The number of rotatable bonds is 5. The molecule has 0 saturated carbocycles. The van der Waals surface area contributed by atoms with E-state index in [-0.39, 0.29) is 12.3 Å². The number of carbonyl (C=O) groups excluding carboxylic acids is 1. The lowest BCUT2D eigenvalue weighted by Crippen LogP contribution is -2.33. The molecule has 0 aliphatic carbocycles. The van der Waals surface area contributed by atoms with Crippen LogP contribution in [0.3, 0.4) is 0 Å². The summed E-state index contributed by atoms with van der Waals surface area (Å²) in [5, 5.41) is 3.11. The molecular formula is C10H13ClN2O3S. The Hall–Kier alpha value is -1.11. The highest BCUT2D eigenvalue weighted by Crippen LogP contribution is 2.12. The van der Waals surface area contributed by atoms with E-state index in [1.165, 1.54) is 6.92 Å².